The fourth-order valence-electron chi connectivity index (χ4n) is 0.842. The Morgan fingerprint density at radius 3 is 2.92 bits per heavy atom. The number of carbonyl (C=O) groups is 1. The van der Waals surface area contributed by atoms with Gasteiger partial charge in [0, 0.05) is 17.8 Å². The van der Waals surface area contributed by atoms with Crippen LogP contribution in [0.15, 0.2) is 17.1 Å². The Balaban J connectivity index is 2.90. The monoisotopic (exact) mass is 185 g/mol. The third kappa shape index (κ3) is 2.40. The smallest absolute Gasteiger partial charge is 0.310 e. The van der Waals surface area contributed by atoms with Crippen LogP contribution in [0.1, 0.15) is 5.56 Å². The molecule has 0 saturated heterocycles. The number of aromatic amines is 1. The lowest BCUT2D eigenvalue weighted by Gasteiger charge is -1.98. The predicted octanol–water partition coefficient (Wildman–Crippen LogP) is 0.229. The maximum absolute atomic E-state index is 12.4. The Morgan fingerprint density at radius 1 is 1.69 bits per heavy atom. The fraction of sp³-hybridized carbons (Fsp3) is 0.250. The van der Waals surface area contributed by atoms with E-state index >= 15 is 0 Å². The molecule has 0 aliphatic heterocycles. The number of hydrogen-bond donors (Lipinski definition) is 1. The quantitative estimate of drug-likeness (QED) is 0.530. The number of nitrogens with one attached hydrogen (secondary N) is 1. The number of aromatic nitrogens is 1. The summed E-state index contributed by atoms with van der Waals surface area (Å²) in [5, 5.41) is 0. The average Bonchev–Trinajstić information content (AvgIpc) is 2.09. The molecule has 70 valence electrons. The molecule has 0 fully saturated rings. The second kappa shape index (κ2) is 3.84. The largest absolute Gasteiger partial charge is 0.469 e. The zero-order chi connectivity index (χ0) is 9.84. The molecule has 0 aliphatic rings. The van der Waals surface area contributed by atoms with Crippen LogP contribution in [0, 0.1) is 5.95 Å². The van der Waals surface area contributed by atoms with Crippen molar-refractivity contribution in [3.8, 4) is 0 Å². The maximum atomic E-state index is 12.4. The van der Waals surface area contributed by atoms with Gasteiger partial charge in [0.1, 0.15) is 0 Å². The van der Waals surface area contributed by atoms with Gasteiger partial charge in [-0.1, -0.05) is 0 Å². The molecule has 1 aromatic heterocycles. The fourth-order valence-corrected chi connectivity index (χ4v) is 0.842. The Hall–Kier alpha value is -1.65. The van der Waals surface area contributed by atoms with E-state index < -0.39 is 17.3 Å². The van der Waals surface area contributed by atoms with Gasteiger partial charge in [-0.3, -0.25) is 9.59 Å². The van der Waals surface area contributed by atoms with Crippen molar-refractivity contribution in [2.24, 2.45) is 0 Å². The zero-order valence-electron chi connectivity index (χ0n) is 6.96. The Kier molecular flexibility index (Phi) is 2.79. The Labute approximate surface area is 73.3 Å². The molecule has 1 heterocycles. The van der Waals surface area contributed by atoms with E-state index in [4.69, 9.17) is 0 Å². The zero-order valence-corrected chi connectivity index (χ0v) is 6.96. The highest BCUT2D eigenvalue weighted by Gasteiger charge is 2.06. The molecule has 1 rings (SSSR count). The predicted molar refractivity (Wildman–Crippen MR) is 42.7 cm³/mol. The molecule has 0 aliphatic carbocycles. The molecule has 0 unspecified atom stereocenters. The summed E-state index contributed by atoms with van der Waals surface area (Å²) >= 11 is 0. The van der Waals surface area contributed by atoms with Crippen molar-refractivity contribution in [1.82, 2.24) is 4.98 Å². The summed E-state index contributed by atoms with van der Waals surface area (Å²) in [5.74, 6) is -1.25. The van der Waals surface area contributed by atoms with E-state index in [0.29, 0.717) is 0 Å². The lowest BCUT2D eigenvalue weighted by molar-refractivity contribution is -0.139. The summed E-state index contributed by atoms with van der Waals surface area (Å²) in [6.07, 6.45) is 1.01. The number of hydrogen-bond acceptors (Lipinski definition) is 3. The summed E-state index contributed by atoms with van der Waals surface area (Å²) in [6, 6.07) is 0.790. The van der Waals surface area contributed by atoms with E-state index in [1.165, 1.54) is 7.11 Å². The first kappa shape index (κ1) is 9.44. The summed E-state index contributed by atoms with van der Waals surface area (Å²) < 4.78 is 16.7. The number of pyridine rings is 1. The van der Waals surface area contributed by atoms with E-state index in [0.717, 1.165) is 12.3 Å². The Bertz CT molecular complexity index is 372. The first-order valence-electron chi connectivity index (χ1n) is 3.57. The van der Waals surface area contributed by atoms with Crippen LogP contribution in [0.3, 0.4) is 0 Å². The summed E-state index contributed by atoms with van der Waals surface area (Å²) in [6.45, 7) is 0. The number of ether oxygens (including phenoxy) is 1. The lowest BCUT2D eigenvalue weighted by Crippen LogP contribution is -2.15. The molecule has 1 N–H and O–H groups in total. The number of H-pyrrole nitrogens is 1. The van der Waals surface area contributed by atoms with Gasteiger partial charge in [0.25, 0.3) is 0 Å². The van der Waals surface area contributed by atoms with E-state index in [-0.39, 0.29) is 12.0 Å². The molecule has 0 saturated carbocycles. The van der Waals surface area contributed by atoms with Gasteiger partial charge in [-0.15, -0.1) is 0 Å². The minimum Gasteiger partial charge on any atom is -0.469 e. The highest BCUT2D eigenvalue weighted by molar-refractivity contribution is 5.72. The highest BCUT2D eigenvalue weighted by Crippen LogP contribution is 1.94. The van der Waals surface area contributed by atoms with Crippen LogP contribution in [0.25, 0.3) is 0 Å². The van der Waals surface area contributed by atoms with Crippen molar-refractivity contribution in [2.75, 3.05) is 7.11 Å². The SMILES string of the molecule is COC(=O)Cc1c[nH]c(F)cc1=O. The van der Waals surface area contributed by atoms with Gasteiger partial charge < -0.3 is 9.72 Å². The van der Waals surface area contributed by atoms with Gasteiger partial charge in [-0.25, -0.2) is 0 Å². The van der Waals surface area contributed by atoms with Crippen LogP contribution < -0.4 is 5.43 Å². The summed E-state index contributed by atoms with van der Waals surface area (Å²) in [4.78, 5) is 24.0. The number of halogens is 1. The minimum absolute atomic E-state index is 0.147. The van der Waals surface area contributed by atoms with Crippen molar-refractivity contribution in [3.63, 3.8) is 0 Å². The highest BCUT2D eigenvalue weighted by atomic mass is 19.1. The molecule has 0 spiro atoms. The number of carbonyl (C=O) groups excluding carboxylic acids is 1. The molecule has 0 bridgehead atoms. The normalized spacial score (nSPS) is 9.69. The first-order chi connectivity index (χ1) is 6.13. The van der Waals surface area contributed by atoms with Crippen LogP contribution >= 0.6 is 0 Å². The second-order valence-electron chi connectivity index (χ2n) is 2.42. The molecule has 5 heteroatoms. The number of esters is 1. The average molecular weight is 185 g/mol. The third-order valence-electron chi connectivity index (χ3n) is 1.52. The summed E-state index contributed by atoms with van der Waals surface area (Å²) in [7, 11) is 1.22. The molecule has 1 aromatic rings. The second-order valence-corrected chi connectivity index (χ2v) is 2.42. The molecule has 0 atom stereocenters. The Morgan fingerprint density at radius 2 is 2.38 bits per heavy atom. The van der Waals surface area contributed by atoms with Crippen molar-refractivity contribution < 1.29 is 13.9 Å². The lowest BCUT2D eigenvalue weighted by atomic mass is 10.2. The van der Waals surface area contributed by atoms with Gasteiger partial charge in [0.2, 0.25) is 0 Å². The van der Waals surface area contributed by atoms with E-state index in [9.17, 15) is 14.0 Å². The number of rotatable bonds is 2. The van der Waals surface area contributed by atoms with E-state index in [1.807, 2.05) is 0 Å². The van der Waals surface area contributed by atoms with Crippen molar-refractivity contribution in [2.45, 2.75) is 6.42 Å². The molecular weight excluding hydrogens is 177 g/mol. The van der Waals surface area contributed by atoms with Gasteiger partial charge in [0.15, 0.2) is 11.4 Å². The van der Waals surface area contributed by atoms with Crippen LogP contribution in [-0.2, 0) is 16.0 Å². The standard InChI is InChI=1S/C8H8FNO3/c1-13-8(12)2-5-4-10-7(9)3-6(5)11/h3-4H,2H2,1H3,(H,10,11). The topological polar surface area (TPSA) is 59.2 Å². The van der Waals surface area contributed by atoms with Crippen LogP contribution in [0.4, 0.5) is 4.39 Å². The molecular formula is C8H8FNO3. The van der Waals surface area contributed by atoms with E-state index in [1.54, 1.807) is 0 Å². The van der Waals surface area contributed by atoms with E-state index in [2.05, 4.69) is 9.72 Å². The van der Waals surface area contributed by atoms with Crippen molar-refractivity contribution in [3.05, 3.63) is 34.0 Å². The molecule has 0 radical (unpaired) electrons. The van der Waals surface area contributed by atoms with Gasteiger partial charge in [-0.2, -0.15) is 4.39 Å². The van der Waals surface area contributed by atoms with Crippen LogP contribution in [0.5, 0.6) is 0 Å². The third-order valence-corrected chi connectivity index (χ3v) is 1.52. The van der Waals surface area contributed by atoms with Gasteiger partial charge in [-0.05, 0) is 0 Å². The van der Waals surface area contributed by atoms with Gasteiger partial charge in [0.05, 0.1) is 13.5 Å². The molecule has 0 aromatic carbocycles. The molecule has 4 nitrogen and oxygen atoms in total. The van der Waals surface area contributed by atoms with Gasteiger partial charge >= 0.3 is 5.97 Å². The molecule has 13 heavy (non-hydrogen) atoms. The summed E-state index contributed by atoms with van der Waals surface area (Å²) in [5.41, 5.74) is -0.324. The molecule has 0 amide bonds. The van der Waals surface area contributed by atoms with Crippen LogP contribution in [0.2, 0.25) is 0 Å². The van der Waals surface area contributed by atoms with Crippen molar-refractivity contribution in [1.29, 1.82) is 0 Å². The first-order valence-corrected chi connectivity index (χ1v) is 3.57. The van der Waals surface area contributed by atoms with Crippen LogP contribution in [-0.4, -0.2) is 18.1 Å². The maximum Gasteiger partial charge on any atom is 0.310 e. The number of methoxy groups -OCH3 is 1. The van der Waals surface area contributed by atoms with Crippen molar-refractivity contribution >= 4 is 5.97 Å². The minimum atomic E-state index is -0.724.